The van der Waals surface area contributed by atoms with E-state index < -0.39 is 0 Å². The van der Waals surface area contributed by atoms with Gasteiger partial charge in [-0.1, -0.05) is 15.9 Å². The molecule has 4 nitrogen and oxygen atoms in total. The number of aryl methyl sites for hydroxylation is 1. The fraction of sp³-hybridized carbons (Fsp3) is 0.357. The molecule has 0 saturated carbocycles. The summed E-state index contributed by atoms with van der Waals surface area (Å²) in [7, 11) is 1.94. The van der Waals surface area contributed by atoms with Gasteiger partial charge >= 0.3 is 0 Å². The van der Waals surface area contributed by atoms with E-state index in [2.05, 4.69) is 21.0 Å². The van der Waals surface area contributed by atoms with E-state index in [0.717, 1.165) is 33.5 Å². The summed E-state index contributed by atoms with van der Waals surface area (Å²) in [4.78, 5) is 0. The zero-order valence-corrected chi connectivity index (χ0v) is 12.5. The van der Waals surface area contributed by atoms with Crippen molar-refractivity contribution in [3.63, 3.8) is 0 Å². The van der Waals surface area contributed by atoms with Crippen LogP contribution >= 0.6 is 15.9 Å². The SMILES string of the molecule is Cc1c(C2C[C@@H](N)c3cc(Br)ccc3O2)cnn1C. The maximum atomic E-state index is 6.27. The molecular weight excluding hydrogens is 306 g/mol. The van der Waals surface area contributed by atoms with Gasteiger partial charge in [0.05, 0.1) is 6.20 Å². The standard InChI is InChI=1S/C14H16BrN3O/c1-8-11(7-17-18(8)2)14-6-12(16)10-5-9(15)3-4-13(10)19-14/h3-5,7,12,14H,6,16H2,1-2H3/t12-,14?/m1/s1. The van der Waals surface area contributed by atoms with Crippen LogP contribution < -0.4 is 10.5 Å². The quantitative estimate of drug-likeness (QED) is 0.878. The van der Waals surface area contributed by atoms with Crippen LogP contribution in [0.3, 0.4) is 0 Å². The molecule has 0 aliphatic carbocycles. The molecule has 0 spiro atoms. The Morgan fingerprint density at radius 2 is 2.21 bits per heavy atom. The molecule has 0 saturated heterocycles. The Morgan fingerprint density at radius 3 is 2.89 bits per heavy atom. The molecule has 2 aromatic rings. The first-order chi connectivity index (χ1) is 9.06. The van der Waals surface area contributed by atoms with Gasteiger partial charge in [-0.25, -0.2) is 0 Å². The minimum absolute atomic E-state index is 0.00847. The molecule has 1 aliphatic rings. The van der Waals surface area contributed by atoms with Gasteiger partial charge in [0.2, 0.25) is 0 Å². The monoisotopic (exact) mass is 321 g/mol. The predicted octanol–water partition coefficient (Wildman–Crippen LogP) is 3.01. The molecule has 0 bridgehead atoms. The lowest BCUT2D eigenvalue weighted by atomic mass is 9.94. The van der Waals surface area contributed by atoms with Crippen LogP contribution in [0, 0.1) is 6.92 Å². The lowest BCUT2D eigenvalue weighted by molar-refractivity contribution is 0.160. The molecule has 2 heterocycles. The molecule has 1 aromatic carbocycles. The first kappa shape index (κ1) is 12.7. The van der Waals surface area contributed by atoms with Crippen LogP contribution in [0.5, 0.6) is 5.75 Å². The molecule has 100 valence electrons. The first-order valence-corrected chi connectivity index (χ1v) is 7.05. The molecule has 5 heteroatoms. The van der Waals surface area contributed by atoms with E-state index in [-0.39, 0.29) is 12.1 Å². The highest BCUT2D eigenvalue weighted by Gasteiger charge is 2.29. The van der Waals surface area contributed by atoms with E-state index in [1.165, 1.54) is 0 Å². The van der Waals surface area contributed by atoms with Crippen LogP contribution in [0.2, 0.25) is 0 Å². The fourth-order valence-corrected chi connectivity index (χ4v) is 2.88. The summed E-state index contributed by atoms with van der Waals surface area (Å²) in [5, 5.41) is 4.27. The summed E-state index contributed by atoms with van der Waals surface area (Å²) in [6.07, 6.45) is 2.63. The number of hydrogen-bond donors (Lipinski definition) is 1. The number of benzene rings is 1. The lowest BCUT2D eigenvalue weighted by Gasteiger charge is -2.30. The minimum atomic E-state index is -0.0163. The summed E-state index contributed by atoms with van der Waals surface area (Å²) in [5.74, 6) is 0.871. The van der Waals surface area contributed by atoms with Gasteiger partial charge in [0.25, 0.3) is 0 Å². The Hall–Kier alpha value is -1.33. The Labute approximate surface area is 120 Å². The zero-order valence-electron chi connectivity index (χ0n) is 10.9. The number of hydrogen-bond acceptors (Lipinski definition) is 3. The van der Waals surface area contributed by atoms with E-state index in [9.17, 15) is 0 Å². The van der Waals surface area contributed by atoms with Gasteiger partial charge < -0.3 is 10.5 Å². The van der Waals surface area contributed by atoms with Crippen molar-refractivity contribution in [3.8, 4) is 5.75 Å². The molecule has 2 atom stereocenters. The van der Waals surface area contributed by atoms with Crippen LogP contribution in [0.15, 0.2) is 28.9 Å². The number of nitrogens with two attached hydrogens (primary N) is 1. The largest absolute Gasteiger partial charge is 0.485 e. The maximum absolute atomic E-state index is 6.27. The Balaban J connectivity index is 1.97. The van der Waals surface area contributed by atoms with Gasteiger partial charge in [-0.05, 0) is 25.1 Å². The second-order valence-electron chi connectivity index (χ2n) is 4.94. The highest BCUT2D eigenvalue weighted by atomic mass is 79.9. The molecule has 1 aromatic heterocycles. The van der Waals surface area contributed by atoms with Crippen LogP contribution in [-0.4, -0.2) is 9.78 Å². The third kappa shape index (κ3) is 2.17. The van der Waals surface area contributed by atoms with E-state index >= 15 is 0 Å². The third-order valence-electron chi connectivity index (χ3n) is 3.73. The number of aromatic nitrogens is 2. The van der Waals surface area contributed by atoms with Gasteiger partial charge in [-0.3, -0.25) is 4.68 Å². The molecule has 3 rings (SSSR count). The second-order valence-corrected chi connectivity index (χ2v) is 5.86. The van der Waals surface area contributed by atoms with Gasteiger partial charge in [-0.15, -0.1) is 0 Å². The molecule has 0 radical (unpaired) electrons. The number of rotatable bonds is 1. The third-order valence-corrected chi connectivity index (χ3v) is 4.22. The average molecular weight is 322 g/mol. The summed E-state index contributed by atoms with van der Waals surface area (Å²) >= 11 is 3.47. The van der Waals surface area contributed by atoms with Crippen molar-refractivity contribution >= 4 is 15.9 Å². The Bertz CT molecular complexity index is 623. The molecule has 2 N–H and O–H groups in total. The number of fused-ring (bicyclic) bond motifs is 1. The molecule has 0 amide bonds. The van der Waals surface area contributed by atoms with Crippen molar-refractivity contribution in [2.24, 2.45) is 12.8 Å². The van der Waals surface area contributed by atoms with E-state index in [4.69, 9.17) is 10.5 Å². The number of ether oxygens (including phenoxy) is 1. The fourth-order valence-electron chi connectivity index (χ4n) is 2.50. The van der Waals surface area contributed by atoms with E-state index in [1.54, 1.807) is 0 Å². The summed E-state index contributed by atoms with van der Waals surface area (Å²) in [6, 6.07) is 5.97. The van der Waals surface area contributed by atoms with Gasteiger partial charge in [-0.2, -0.15) is 5.10 Å². The molecule has 1 aliphatic heterocycles. The van der Waals surface area contributed by atoms with Crippen molar-refractivity contribution in [2.75, 3.05) is 0 Å². The van der Waals surface area contributed by atoms with Crippen LogP contribution in [-0.2, 0) is 7.05 Å². The highest BCUT2D eigenvalue weighted by molar-refractivity contribution is 9.10. The smallest absolute Gasteiger partial charge is 0.129 e. The number of halogens is 1. The summed E-state index contributed by atoms with van der Waals surface area (Å²) < 4.78 is 8.97. The molecule has 0 fully saturated rings. The average Bonchev–Trinajstić information content (AvgIpc) is 2.71. The lowest BCUT2D eigenvalue weighted by Crippen LogP contribution is -2.24. The van der Waals surface area contributed by atoms with Crippen LogP contribution in [0.1, 0.15) is 35.4 Å². The van der Waals surface area contributed by atoms with Crippen molar-refractivity contribution in [3.05, 3.63) is 45.7 Å². The van der Waals surface area contributed by atoms with Gasteiger partial charge in [0.15, 0.2) is 0 Å². The first-order valence-electron chi connectivity index (χ1n) is 6.26. The predicted molar refractivity (Wildman–Crippen MR) is 77.0 cm³/mol. The van der Waals surface area contributed by atoms with Crippen LogP contribution in [0.25, 0.3) is 0 Å². The molecule has 19 heavy (non-hydrogen) atoms. The Morgan fingerprint density at radius 1 is 1.42 bits per heavy atom. The summed E-state index contributed by atoms with van der Waals surface area (Å²) in [6.45, 7) is 2.05. The minimum Gasteiger partial charge on any atom is -0.485 e. The van der Waals surface area contributed by atoms with Crippen molar-refractivity contribution in [2.45, 2.75) is 25.5 Å². The van der Waals surface area contributed by atoms with E-state index in [0.29, 0.717) is 0 Å². The van der Waals surface area contributed by atoms with Crippen LogP contribution in [0.4, 0.5) is 0 Å². The summed E-state index contributed by atoms with van der Waals surface area (Å²) in [5.41, 5.74) is 9.57. The second kappa shape index (κ2) is 4.65. The topological polar surface area (TPSA) is 53.1 Å². The molecular formula is C14H16BrN3O. The zero-order chi connectivity index (χ0) is 13.6. The van der Waals surface area contributed by atoms with Crippen molar-refractivity contribution < 1.29 is 4.74 Å². The van der Waals surface area contributed by atoms with Crippen molar-refractivity contribution in [1.82, 2.24) is 9.78 Å². The number of nitrogens with zero attached hydrogens (tertiary/aromatic N) is 2. The van der Waals surface area contributed by atoms with Crippen molar-refractivity contribution in [1.29, 1.82) is 0 Å². The van der Waals surface area contributed by atoms with Gasteiger partial charge in [0.1, 0.15) is 11.9 Å². The normalized spacial score (nSPS) is 21.9. The highest BCUT2D eigenvalue weighted by Crippen LogP contribution is 2.41. The molecule has 1 unspecified atom stereocenters. The van der Waals surface area contributed by atoms with E-state index in [1.807, 2.05) is 43.0 Å². The Kier molecular flexibility index (Phi) is 3.11. The van der Waals surface area contributed by atoms with Gasteiger partial charge in [0, 0.05) is 40.8 Å². The maximum Gasteiger partial charge on any atom is 0.129 e.